The van der Waals surface area contributed by atoms with Gasteiger partial charge in [-0.25, -0.2) is 21.2 Å². The third-order valence-electron chi connectivity index (χ3n) is 4.46. The first-order chi connectivity index (χ1) is 14.5. The Balaban J connectivity index is 2.11. The minimum Gasteiger partial charge on any atom is -0.487 e. The molecule has 170 valence electrons. The molecular weight excluding hydrogens is 451 g/mol. The first-order valence-corrected chi connectivity index (χ1v) is 12.5. The number of sulfonamides is 1. The number of hydrogen-bond acceptors (Lipinski definition) is 7. The van der Waals surface area contributed by atoms with Crippen LogP contribution in [-0.4, -0.2) is 51.5 Å². The van der Waals surface area contributed by atoms with Crippen LogP contribution in [0.3, 0.4) is 0 Å². The standard InChI is InChI=1S/C19H23FN2O7S2/c1-3-21(4-2)31(27,28)17-10-11-19(18(14-17)22(23)24)29-12-5-13-30(25,26)16-8-6-15(20)7-9-16/h6-11,14H,3-5,12-13H2,1-2H3. The summed E-state index contributed by atoms with van der Waals surface area (Å²) in [5, 5.41) is 11.4. The van der Waals surface area contributed by atoms with Gasteiger partial charge >= 0.3 is 5.69 Å². The fourth-order valence-corrected chi connectivity index (χ4v) is 5.59. The Morgan fingerprint density at radius 2 is 1.58 bits per heavy atom. The van der Waals surface area contributed by atoms with Crippen molar-refractivity contribution in [3.8, 4) is 5.75 Å². The lowest BCUT2D eigenvalue weighted by atomic mass is 10.3. The number of nitro benzene ring substituents is 1. The van der Waals surface area contributed by atoms with Crippen molar-refractivity contribution in [2.24, 2.45) is 0 Å². The highest BCUT2D eigenvalue weighted by molar-refractivity contribution is 7.91. The van der Waals surface area contributed by atoms with E-state index in [4.69, 9.17) is 4.74 Å². The lowest BCUT2D eigenvalue weighted by molar-refractivity contribution is -0.386. The summed E-state index contributed by atoms with van der Waals surface area (Å²) in [6.07, 6.45) is 0.0242. The number of hydrogen-bond donors (Lipinski definition) is 0. The van der Waals surface area contributed by atoms with Crippen LogP contribution in [0, 0.1) is 15.9 Å². The zero-order valence-electron chi connectivity index (χ0n) is 17.0. The number of rotatable bonds is 11. The second-order valence-electron chi connectivity index (χ2n) is 6.45. The molecule has 0 saturated heterocycles. The Labute approximate surface area is 180 Å². The molecule has 2 aromatic rings. The molecule has 2 rings (SSSR count). The minimum absolute atomic E-state index is 0.0242. The van der Waals surface area contributed by atoms with Crippen molar-refractivity contribution in [1.29, 1.82) is 0 Å². The summed E-state index contributed by atoms with van der Waals surface area (Å²) in [5.74, 6) is -1.02. The second-order valence-corrected chi connectivity index (χ2v) is 10.5. The Morgan fingerprint density at radius 1 is 1.00 bits per heavy atom. The van der Waals surface area contributed by atoms with E-state index >= 15 is 0 Å². The van der Waals surface area contributed by atoms with Crippen LogP contribution in [-0.2, 0) is 19.9 Å². The smallest absolute Gasteiger partial charge is 0.312 e. The Bertz CT molecular complexity index is 1130. The van der Waals surface area contributed by atoms with E-state index in [1.165, 1.54) is 16.4 Å². The van der Waals surface area contributed by atoms with E-state index in [0.717, 1.165) is 30.3 Å². The van der Waals surface area contributed by atoms with E-state index in [1.807, 2.05) is 0 Å². The van der Waals surface area contributed by atoms with Gasteiger partial charge in [0, 0.05) is 19.2 Å². The number of halogens is 1. The van der Waals surface area contributed by atoms with Crippen LogP contribution < -0.4 is 4.74 Å². The van der Waals surface area contributed by atoms with Gasteiger partial charge in [0.2, 0.25) is 10.0 Å². The Morgan fingerprint density at radius 3 is 2.13 bits per heavy atom. The predicted octanol–water partition coefficient (Wildman–Crippen LogP) is 3.01. The molecule has 31 heavy (non-hydrogen) atoms. The van der Waals surface area contributed by atoms with Crippen molar-refractivity contribution in [2.75, 3.05) is 25.4 Å². The van der Waals surface area contributed by atoms with E-state index in [2.05, 4.69) is 0 Å². The van der Waals surface area contributed by atoms with Gasteiger partial charge < -0.3 is 4.74 Å². The molecule has 0 atom stereocenters. The fourth-order valence-electron chi connectivity index (χ4n) is 2.83. The van der Waals surface area contributed by atoms with Gasteiger partial charge in [-0.2, -0.15) is 4.31 Å². The highest BCUT2D eigenvalue weighted by atomic mass is 32.2. The monoisotopic (exact) mass is 474 g/mol. The molecule has 0 amide bonds. The lowest BCUT2D eigenvalue weighted by Crippen LogP contribution is -2.30. The van der Waals surface area contributed by atoms with Crippen LogP contribution in [0.15, 0.2) is 52.3 Å². The molecule has 9 nitrogen and oxygen atoms in total. The first kappa shape index (κ1) is 24.7. The topological polar surface area (TPSA) is 124 Å². The molecule has 0 aliphatic carbocycles. The number of ether oxygens (including phenoxy) is 1. The molecule has 0 radical (unpaired) electrons. The number of nitro groups is 1. The lowest BCUT2D eigenvalue weighted by Gasteiger charge is -2.18. The van der Waals surface area contributed by atoms with E-state index in [9.17, 15) is 31.3 Å². The predicted molar refractivity (Wildman–Crippen MR) is 112 cm³/mol. The van der Waals surface area contributed by atoms with Crippen LogP contribution >= 0.6 is 0 Å². The maximum Gasteiger partial charge on any atom is 0.312 e. The molecule has 0 aromatic heterocycles. The molecule has 0 spiro atoms. The van der Waals surface area contributed by atoms with Gasteiger partial charge in [-0.05, 0) is 42.8 Å². The van der Waals surface area contributed by atoms with Gasteiger partial charge in [-0.3, -0.25) is 10.1 Å². The summed E-state index contributed by atoms with van der Waals surface area (Å²) >= 11 is 0. The quantitative estimate of drug-likeness (QED) is 0.212. The fraction of sp³-hybridized carbons (Fsp3) is 0.368. The van der Waals surface area contributed by atoms with E-state index in [-0.39, 0.29) is 47.4 Å². The van der Waals surface area contributed by atoms with Crippen molar-refractivity contribution in [3.05, 3.63) is 58.4 Å². The minimum atomic E-state index is -3.88. The summed E-state index contributed by atoms with van der Waals surface area (Å²) in [7, 11) is -7.55. The van der Waals surface area contributed by atoms with Crippen molar-refractivity contribution in [2.45, 2.75) is 30.1 Å². The largest absolute Gasteiger partial charge is 0.487 e. The van der Waals surface area contributed by atoms with Crippen molar-refractivity contribution < 1.29 is 30.9 Å². The average Bonchev–Trinajstić information content (AvgIpc) is 2.72. The van der Waals surface area contributed by atoms with Gasteiger partial charge in [0.1, 0.15) is 5.82 Å². The maximum atomic E-state index is 12.9. The number of sulfone groups is 1. The zero-order valence-corrected chi connectivity index (χ0v) is 18.7. The molecular formula is C19H23FN2O7S2. The Hall–Kier alpha value is -2.57. The highest BCUT2D eigenvalue weighted by Crippen LogP contribution is 2.31. The molecule has 2 aromatic carbocycles. The first-order valence-electron chi connectivity index (χ1n) is 9.42. The van der Waals surface area contributed by atoms with Gasteiger partial charge in [0.25, 0.3) is 0 Å². The Kier molecular flexibility index (Phi) is 8.09. The van der Waals surface area contributed by atoms with Crippen molar-refractivity contribution in [1.82, 2.24) is 4.31 Å². The molecule has 0 N–H and O–H groups in total. The summed E-state index contributed by atoms with van der Waals surface area (Å²) in [6, 6.07) is 7.73. The van der Waals surface area contributed by atoms with Crippen LogP contribution in [0.1, 0.15) is 20.3 Å². The molecule has 0 aliphatic heterocycles. The number of benzene rings is 2. The van der Waals surface area contributed by atoms with Gasteiger partial charge in [0.05, 0.1) is 27.1 Å². The van der Waals surface area contributed by atoms with Crippen LogP contribution in [0.2, 0.25) is 0 Å². The molecule has 12 heteroatoms. The number of nitrogens with zero attached hydrogens (tertiary/aromatic N) is 2. The van der Waals surface area contributed by atoms with Crippen LogP contribution in [0.5, 0.6) is 5.75 Å². The van der Waals surface area contributed by atoms with E-state index in [0.29, 0.717) is 0 Å². The van der Waals surface area contributed by atoms with Crippen LogP contribution in [0.4, 0.5) is 10.1 Å². The molecule has 0 heterocycles. The summed E-state index contributed by atoms with van der Waals surface area (Å²) in [6.45, 7) is 3.60. The molecule has 0 unspecified atom stereocenters. The molecule has 0 fully saturated rings. The van der Waals surface area contributed by atoms with E-state index < -0.39 is 36.3 Å². The normalized spacial score (nSPS) is 12.1. The van der Waals surface area contributed by atoms with E-state index in [1.54, 1.807) is 13.8 Å². The summed E-state index contributed by atoms with van der Waals surface area (Å²) in [5.41, 5.74) is -0.533. The highest BCUT2D eigenvalue weighted by Gasteiger charge is 2.26. The SMILES string of the molecule is CCN(CC)S(=O)(=O)c1ccc(OCCCS(=O)(=O)c2ccc(F)cc2)c([N+](=O)[O-])c1. The van der Waals surface area contributed by atoms with Crippen LogP contribution in [0.25, 0.3) is 0 Å². The zero-order chi connectivity index (χ0) is 23.2. The molecule has 0 bridgehead atoms. The summed E-state index contributed by atoms with van der Waals surface area (Å²) in [4.78, 5) is 10.4. The van der Waals surface area contributed by atoms with Crippen molar-refractivity contribution >= 4 is 25.5 Å². The summed E-state index contributed by atoms with van der Waals surface area (Å²) < 4.78 is 69.1. The van der Waals surface area contributed by atoms with Crippen molar-refractivity contribution in [3.63, 3.8) is 0 Å². The third-order valence-corrected chi connectivity index (χ3v) is 8.32. The second kappa shape index (κ2) is 10.2. The van der Waals surface area contributed by atoms with Gasteiger partial charge in [-0.1, -0.05) is 13.8 Å². The molecule has 0 saturated carbocycles. The molecule has 0 aliphatic rings. The van der Waals surface area contributed by atoms with Gasteiger partial charge in [-0.15, -0.1) is 0 Å². The maximum absolute atomic E-state index is 12.9. The van der Waals surface area contributed by atoms with Gasteiger partial charge in [0.15, 0.2) is 15.6 Å². The third kappa shape index (κ3) is 5.99. The average molecular weight is 475 g/mol.